The van der Waals surface area contributed by atoms with Crippen LogP contribution in [0.4, 0.5) is 11.4 Å². The normalized spacial score (nSPS) is 10.5. The van der Waals surface area contributed by atoms with Crippen molar-refractivity contribution in [3.63, 3.8) is 0 Å². The van der Waals surface area contributed by atoms with Gasteiger partial charge in [-0.15, -0.1) is 0 Å². The van der Waals surface area contributed by atoms with Crippen molar-refractivity contribution < 1.29 is 19.1 Å². The lowest BCUT2D eigenvalue weighted by Gasteiger charge is -2.25. The Morgan fingerprint density at radius 2 is 1.33 bits per heavy atom. The molecule has 0 bridgehead atoms. The van der Waals surface area contributed by atoms with Gasteiger partial charge in [0, 0.05) is 11.4 Å². The lowest BCUT2D eigenvalue weighted by atomic mass is 10.1. The Kier molecular flexibility index (Phi) is 6.91. The molecular formula is C24H26N2O4. The second-order valence-corrected chi connectivity index (χ2v) is 6.68. The Hall–Kier alpha value is -3.54. The molecule has 0 aliphatic carbocycles. The van der Waals surface area contributed by atoms with Crippen LogP contribution < -0.4 is 4.90 Å². The van der Waals surface area contributed by atoms with E-state index in [-0.39, 0.29) is 18.9 Å². The highest BCUT2D eigenvalue weighted by atomic mass is 16.5. The number of aromatic amines is 1. The Morgan fingerprint density at radius 1 is 0.833 bits per heavy atom. The number of anilines is 2. The molecule has 1 aromatic heterocycles. The van der Waals surface area contributed by atoms with Crippen molar-refractivity contribution in [3.05, 3.63) is 83.2 Å². The van der Waals surface area contributed by atoms with E-state index < -0.39 is 11.9 Å². The predicted octanol–water partition coefficient (Wildman–Crippen LogP) is 5.01. The van der Waals surface area contributed by atoms with Crippen molar-refractivity contribution >= 4 is 23.3 Å². The maximum absolute atomic E-state index is 12.7. The SMILES string of the molecule is CCOC(=O)c1[nH]c(CN(c2ccccc2)c2ccccc2)c(C(=O)OCC)c1C. The summed E-state index contributed by atoms with van der Waals surface area (Å²) >= 11 is 0. The summed E-state index contributed by atoms with van der Waals surface area (Å²) in [5, 5.41) is 0. The number of rotatable bonds is 8. The van der Waals surface area contributed by atoms with Gasteiger partial charge in [0.25, 0.3) is 0 Å². The predicted molar refractivity (Wildman–Crippen MR) is 116 cm³/mol. The van der Waals surface area contributed by atoms with Crippen LogP contribution in [0.1, 0.15) is 46.0 Å². The third-order valence-electron chi connectivity index (χ3n) is 4.74. The highest BCUT2D eigenvalue weighted by molar-refractivity contribution is 5.98. The molecule has 3 rings (SSSR count). The van der Waals surface area contributed by atoms with Gasteiger partial charge >= 0.3 is 11.9 Å². The van der Waals surface area contributed by atoms with Gasteiger partial charge in [0.15, 0.2) is 0 Å². The minimum Gasteiger partial charge on any atom is -0.462 e. The molecule has 0 atom stereocenters. The fraction of sp³-hybridized carbons (Fsp3) is 0.250. The van der Waals surface area contributed by atoms with E-state index in [0.717, 1.165) is 11.4 Å². The smallest absolute Gasteiger partial charge is 0.355 e. The number of nitrogens with one attached hydrogen (secondary N) is 1. The van der Waals surface area contributed by atoms with E-state index >= 15 is 0 Å². The number of carbonyl (C=O) groups is 2. The van der Waals surface area contributed by atoms with E-state index in [1.807, 2.05) is 60.7 Å². The highest BCUT2D eigenvalue weighted by Gasteiger charge is 2.27. The molecule has 30 heavy (non-hydrogen) atoms. The fourth-order valence-corrected chi connectivity index (χ4v) is 3.37. The van der Waals surface area contributed by atoms with Crippen molar-refractivity contribution in [3.8, 4) is 0 Å². The zero-order valence-corrected chi connectivity index (χ0v) is 17.5. The summed E-state index contributed by atoms with van der Waals surface area (Å²) in [4.78, 5) is 30.3. The summed E-state index contributed by atoms with van der Waals surface area (Å²) in [5.74, 6) is -0.948. The summed E-state index contributed by atoms with van der Waals surface area (Å²) in [5.41, 5.74) is 3.70. The van der Waals surface area contributed by atoms with Gasteiger partial charge in [-0.05, 0) is 50.6 Å². The maximum Gasteiger partial charge on any atom is 0.355 e. The van der Waals surface area contributed by atoms with Gasteiger partial charge in [-0.25, -0.2) is 9.59 Å². The van der Waals surface area contributed by atoms with E-state index in [4.69, 9.17) is 9.47 Å². The first kappa shape index (κ1) is 21.2. The molecular weight excluding hydrogens is 380 g/mol. The van der Waals surface area contributed by atoms with Gasteiger partial charge in [-0.1, -0.05) is 36.4 Å². The minimum absolute atomic E-state index is 0.249. The van der Waals surface area contributed by atoms with Gasteiger partial charge in [0.1, 0.15) is 5.69 Å². The van der Waals surface area contributed by atoms with Crippen molar-refractivity contribution in [2.45, 2.75) is 27.3 Å². The number of esters is 2. The second kappa shape index (κ2) is 9.78. The topological polar surface area (TPSA) is 71.6 Å². The van der Waals surface area contributed by atoms with E-state index in [1.165, 1.54) is 0 Å². The number of ether oxygens (including phenoxy) is 2. The number of H-pyrrole nitrogens is 1. The van der Waals surface area contributed by atoms with Crippen molar-refractivity contribution in [2.24, 2.45) is 0 Å². The summed E-state index contributed by atoms with van der Waals surface area (Å²) in [6.07, 6.45) is 0. The number of hydrogen-bond donors (Lipinski definition) is 1. The minimum atomic E-state index is -0.488. The van der Waals surface area contributed by atoms with Crippen molar-refractivity contribution in [1.82, 2.24) is 4.98 Å². The van der Waals surface area contributed by atoms with Gasteiger partial charge < -0.3 is 19.4 Å². The molecule has 0 radical (unpaired) electrons. The molecule has 6 heteroatoms. The number of hydrogen-bond acceptors (Lipinski definition) is 5. The van der Waals surface area contributed by atoms with Gasteiger partial charge in [0.05, 0.1) is 31.0 Å². The molecule has 0 unspecified atom stereocenters. The van der Waals surface area contributed by atoms with Crippen LogP contribution in [0, 0.1) is 6.92 Å². The molecule has 0 saturated heterocycles. The lowest BCUT2D eigenvalue weighted by molar-refractivity contribution is 0.0517. The number of aromatic nitrogens is 1. The second-order valence-electron chi connectivity index (χ2n) is 6.68. The average Bonchev–Trinajstić information content (AvgIpc) is 3.09. The quantitative estimate of drug-likeness (QED) is 0.532. The largest absolute Gasteiger partial charge is 0.462 e. The average molecular weight is 406 g/mol. The third kappa shape index (κ3) is 4.54. The number of para-hydroxylation sites is 2. The first-order chi connectivity index (χ1) is 14.6. The van der Waals surface area contributed by atoms with Crippen molar-refractivity contribution in [2.75, 3.05) is 18.1 Å². The number of nitrogens with zero attached hydrogens (tertiary/aromatic N) is 1. The number of carbonyl (C=O) groups excluding carboxylic acids is 2. The fourth-order valence-electron chi connectivity index (χ4n) is 3.37. The monoisotopic (exact) mass is 406 g/mol. The summed E-state index contributed by atoms with van der Waals surface area (Å²) in [7, 11) is 0. The Bertz CT molecular complexity index is 957. The Labute approximate surface area is 176 Å². The summed E-state index contributed by atoms with van der Waals surface area (Å²) in [6, 6.07) is 19.7. The first-order valence-corrected chi connectivity index (χ1v) is 10.00. The lowest BCUT2D eigenvalue weighted by Crippen LogP contribution is -2.19. The van der Waals surface area contributed by atoms with Crippen LogP contribution in [0.5, 0.6) is 0 Å². The molecule has 2 aromatic carbocycles. The van der Waals surface area contributed by atoms with E-state index in [0.29, 0.717) is 23.4 Å². The first-order valence-electron chi connectivity index (χ1n) is 10.00. The van der Waals surface area contributed by atoms with Crippen LogP contribution in [0.15, 0.2) is 60.7 Å². The zero-order valence-electron chi connectivity index (χ0n) is 17.5. The zero-order chi connectivity index (χ0) is 21.5. The van der Waals surface area contributed by atoms with Crippen LogP contribution in [-0.4, -0.2) is 30.1 Å². The third-order valence-corrected chi connectivity index (χ3v) is 4.74. The molecule has 0 aliphatic rings. The molecule has 0 fully saturated rings. The van der Waals surface area contributed by atoms with E-state index in [2.05, 4.69) is 9.88 Å². The molecule has 1 N–H and O–H groups in total. The molecule has 0 amide bonds. The molecule has 3 aromatic rings. The number of benzene rings is 2. The molecule has 6 nitrogen and oxygen atoms in total. The summed E-state index contributed by atoms with van der Waals surface area (Å²) < 4.78 is 10.4. The van der Waals surface area contributed by atoms with Crippen molar-refractivity contribution in [1.29, 1.82) is 0 Å². The van der Waals surface area contributed by atoms with Gasteiger partial charge in [-0.2, -0.15) is 0 Å². The van der Waals surface area contributed by atoms with Crippen LogP contribution in [-0.2, 0) is 16.0 Å². The van der Waals surface area contributed by atoms with Gasteiger partial charge in [0.2, 0.25) is 0 Å². The Balaban J connectivity index is 2.08. The van der Waals surface area contributed by atoms with Crippen LogP contribution in [0.25, 0.3) is 0 Å². The van der Waals surface area contributed by atoms with E-state index in [9.17, 15) is 9.59 Å². The molecule has 0 aliphatic heterocycles. The van der Waals surface area contributed by atoms with Crippen LogP contribution >= 0.6 is 0 Å². The highest BCUT2D eigenvalue weighted by Crippen LogP contribution is 2.30. The molecule has 0 spiro atoms. The summed E-state index contributed by atoms with van der Waals surface area (Å²) in [6.45, 7) is 6.08. The molecule has 1 heterocycles. The van der Waals surface area contributed by atoms with Crippen LogP contribution in [0.2, 0.25) is 0 Å². The van der Waals surface area contributed by atoms with Gasteiger partial charge in [-0.3, -0.25) is 0 Å². The standard InChI is InChI=1S/C24H26N2O4/c1-4-29-23(27)21-17(3)22(24(28)30-5-2)25-20(21)16-26(18-12-8-6-9-13-18)19-14-10-7-11-15-19/h6-15,25H,4-5,16H2,1-3H3. The van der Waals surface area contributed by atoms with E-state index in [1.54, 1.807) is 20.8 Å². The maximum atomic E-state index is 12.7. The molecule has 0 saturated carbocycles. The van der Waals surface area contributed by atoms with Crippen LogP contribution in [0.3, 0.4) is 0 Å². The molecule has 156 valence electrons. The Morgan fingerprint density at radius 3 is 1.83 bits per heavy atom.